The van der Waals surface area contributed by atoms with Gasteiger partial charge in [-0.05, 0) is 44.2 Å². The van der Waals surface area contributed by atoms with Crippen LogP contribution in [-0.4, -0.2) is 42.8 Å². The SMILES string of the molecule is Cc1ncc(COc2cc(F)cc(Oc3ccc(-c4nn([C@@H]5CCNC5)c5ncnc(N)c45)cc3)c2)cn1. The second kappa shape index (κ2) is 10.0. The molecule has 11 heteroatoms. The van der Waals surface area contributed by atoms with Gasteiger partial charge in [-0.1, -0.05) is 0 Å². The summed E-state index contributed by atoms with van der Waals surface area (Å²) in [5, 5.41) is 8.95. The molecule has 1 atom stereocenters. The first-order valence-corrected chi connectivity index (χ1v) is 12.2. The summed E-state index contributed by atoms with van der Waals surface area (Å²) in [5.74, 6) is 1.77. The highest BCUT2D eigenvalue weighted by Gasteiger charge is 2.24. The maximum atomic E-state index is 14.3. The number of hydrogen-bond donors (Lipinski definition) is 2. The number of nitrogen functional groups attached to an aromatic ring is 1. The van der Waals surface area contributed by atoms with Crippen LogP contribution in [0.25, 0.3) is 22.3 Å². The highest BCUT2D eigenvalue weighted by molar-refractivity contribution is 5.98. The molecule has 2 aromatic carbocycles. The Balaban J connectivity index is 1.22. The van der Waals surface area contributed by atoms with E-state index < -0.39 is 5.82 Å². The van der Waals surface area contributed by atoms with Crippen LogP contribution < -0.4 is 20.5 Å². The number of aromatic nitrogens is 6. The molecular formula is C27H25FN8O2. The molecule has 5 aromatic rings. The number of aryl methyl sites for hydroxylation is 1. The van der Waals surface area contributed by atoms with Gasteiger partial charge in [-0.25, -0.2) is 29.0 Å². The number of fused-ring (bicyclic) bond motifs is 1. The fourth-order valence-corrected chi connectivity index (χ4v) is 4.46. The van der Waals surface area contributed by atoms with E-state index >= 15 is 0 Å². The molecule has 6 rings (SSSR count). The first-order chi connectivity index (χ1) is 18.5. The Morgan fingerprint density at radius 2 is 1.82 bits per heavy atom. The van der Waals surface area contributed by atoms with Gasteiger partial charge in [0.2, 0.25) is 0 Å². The predicted octanol–water partition coefficient (Wildman–Crippen LogP) is 4.22. The minimum Gasteiger partial charge on any atom is -0.489 e. The van der Waals surface area contributed by atoms with E-state index in [1.165, 1.54) is 18.5 Å². The van der Waals surface area contributed by atoms with Gasteiger partial charge >= 0.3 is 0 Å². The summed E-state index contributed by atoms with van der Waals surface area (Å²) in [4.78, 5) is 16.9. The number of rotatable bonds is 7. The van der Waals surface area contributed by atoms with Gasteiger partial charge in [0.15, 0.2) is 5.65 Å². The quantitative estimate of drug-likeness (QED) is 0.330. The Bertz CT molecular complexity index is 1580. The standard InChI is InChI=1S/C27H25FN8O2/c1-16-31-11-17(12-32-16)14-37-22-8-19(28)9-23(10-22)38-21-4-2-18(3-5-21)25-24-26(29)33-15-34-27(24)36(35-25)20-6-7-30-13-20/h2-5,8-12,15,20,30H,6-7,13-14H2,1H3,(H2,29,33,34)/t20-/m1/s1. The Morgan fingerprint density at radius 1 is 1.03 bits per heavy atom. The van der Waals surface area contributed by atoms with Crippen molar-refractivity contribution in [1.82, 2.24) is 35.0 Å². The van der Waals surface area contributed by atoms with Gasteiger partial charge in [0.25, 0.3) is 0 Å². The van der Waals surface area contributed by atoms with Crippen LogP contribution in [0.1, 0.15) is 23.9 Å². The van der Waals surface area contributed by atoms with Crippen LogP contribution in [-0.2, 0) is 6.61 Å². The van der Waals surface area contributed by atoms with Gasteiger partial charge in [0.1, 0.15) is 53.3 Å². The van der Waals surface area contributed by atoms with Gasteiger partial charge < -0.3 is 20.5 Å². The molecule has 38 heavy (non-hydrogen) atoms. The molecule has 1 saturated heterocycles. The molecule has 1 aliphatic heterocycles. The molecule has 0 saturated carbocycles. The number of ether oxygens (including phenoxy) is 2. The highest BCUT2D eigenvalue weighted by atomic mass is 19.1. The van der Waals surface area contributed by atoms with Gasteiger partial charge in [-0.15, -0.1) is 0 Å². The van der Waals surface area contributed by atoms with Gasteiger partial charge in [-0.2, -0.15) is 5.10 Å². The summed E-state index contributed by atoms with van der Waals surface area (Å²) >= 11 is 0. The molecule has 3 N–H and O–H groups in total. The molecule has 192 valence electrons. The lowest BCUT2D eigenvalue weighted by atomic mass is 10.1. The molecule has 0 unspecified atom stereocenters. The molecule has 0 radical (unpaired) electrons. The molecular weight excluding hydrogens is 487 g/mol. The number of nitrogens with zero attached hydrogens (tertiary/aromatic N) is 6. The fourth-order valence-electron chi connectivity index (χ4n) is 4.46. The lowest BCUT2D eigenvalue weighted by Gasteiger charge is -2.10. The summed E-state index contributed by atoms with van der Waals surface area (Å²) in [6, 6.07) is 11.8. The minimum atomic E-state index is -0.469. The number of halogens is 1. The zero-order chi connectivity index (χ0) is 26.1. The average Bonchev–Trinajstić information content (AvgIpc) is 3.58. The molecule has 3 aromatic heterocycles. The van der Waals surface area contributed by atoms with Crippen molar-refractivity contribution in [2.75, 3.05) is 18.8 Å². The largest absolute Gasteiger partial charge is 0.489 e. The van der Waals surface area contributed by atoms with E-state index in [9.17, 15) is 4.39 Å². The number of anilines is 1. The molecule has 4 heterocycles. The van der Waals surface area contributed by atoms with Crippen LogP contribution in [0.2, 0.25) is 0 Å². The zero-order valence-electron chi connectivity index (χ0n) is 20.6. The van der Waals surface area contributed by atoms with E-state index in [0.29, 0.717) is 40.2 Å². The van der Waals surface area contributed by atoms with Crippen LogP contribution in [0, 0.1) is 12.7 Å². The van der Waals surface area contributed by atoms with Crippen molar-refractivity contribution in [2.45, 2.75) is 26.0 Å². The Kier molecular flexibility index (Phi) is 6.26. The Labute approximate surface area is 217 Å². The summed E-state index contributed by atoms with van der Waals surface area (Å²) in [7, 11) is 0. The van der Waals surface area contributed by atoms with E-state index in [1.54, 1.807) is 37.5 Å². The monoisotopic (exact) mass is 512 g/mol. The molecule has 1 fully saturated rings. The molecule has 0 amide bonds. The zero-order valence-corrected chi connectivity index (χ0v) is 20.6. The third-order valence-electron chi connectivity index (χ3n) is 6.35. The Morgan fingerprint density at radius 3 is 2.58 bits per heavy atom. The molecule has 10 nitrogen and oxygen atoms in total. The van der Waals surface area contributed by atoms with E-state index in [1.807, 2.05) is 16.8 Å². The van der Waals surface area contributed by atoms with E-state index in [0.717, 1.165) is 36.0 Å². The van der Waals surface area contributed by atoms with E-state index in [-0.39, 0.29) is 12.6 Å². The van der Waals surface area contributed by atoms with Crippen molar-refractivity contribution in [3.8, 4) is 28.5 Å². The minimum absolute atomic E-state index is 0.200. The fraction of sp³-hybridized carbons (Fsp3) is 0.222. The first kappa shape index (κ1) is 23.7. The molecule has 0 aliphatic carbocycles. The van der Waals surface area contributed by atoms with Crippen molar-refractivity contribution in [3.05, 3.63) is 78.4 Å². The van der Waals surface area contributed by atoms with E-state index in [2.05, 4.69) is 25.3 Å². The number of nitrogens with one attached hydrogen (secondary N) is 1. The van der Waals surface area contributed by atoms with Crippen LogP contribution in [0.15, 0.2) is 61.2 Å². The van der Waals surface area contributed by atoms with Crippen LogP contribution in [0.5, 0.6) is 17.2 Å². The number of hydrogen-bond acceptors (Lipinski definition) is 9. The summed E-state index contributed by atoms with van der Waals surface area (Å²) in [5.41, 5.74) is 9.28. The maximum Gasteiger partial charge on any atom is 0.164 e. The second-order valence-electron chi connectivity index (χ2n) is 9.07. The summed E-state index contributed by atoms with van der Waals surface area (Å²) < 4.78 is 27.9. The van der Waals surface area contributed by atoms with Crippen LogP contribution in [0.4, 0.5) is 10.2 Å². The second-order valence-corrected chi connectivity index (χ2v) is 9.07. The third-order valence-corrected chi connectivity index (χ3v) is 6.35. The smallest absolute Gasteiger partial charge is 0.164 e. The number of benzene rings is 2. The van der Waals surface area contributed by atoms with Crippen LogP contribution in [0.3, 0.4) is 0 Å². The number of nitrogens with two attached hydrogens (primary N) is 1. The molecule has 1 aliphatic rings. The normalized spacial score (nSPS) is 15.2. The van der Waals surface area contributed by atoms with Gasteiger partial charge in [0, 0.05) is 48.3 Å². The first-order valence-electron chi connectivity index (χ1n) is 12.2. The lowest BCUT2D eigenvalue weighted by Crippen LogP contribution is -2.15. The Hall–Kier alpha value is -4.64. The van der Waals surface area contributed by atoms with Crippen molar-refractivity contribution in [1.29, 1.82) is 0 Å². The lowest BCUT2D eigenvalue weighted by molar-refractivity contribution is 0.301. The van der Waals surface area contributed by atoms with Crippen molar-refractivity contribution in [3.63, 3.8) is 0 Å². The van der Waals surface area contributed by atoms with Gasteiger partial charge in [0.05, 0.1) is 11.4 Å². The van der Waals surface area contributed by atoms with Crippen molar-refractivity contribution in [2.24, 2.45) is 0 Å². The third kappa shape index (κ3) is 4.83. The van der Waals surface area contributed by atoms with Crippen molar-refractivity contribution >= 4 is 16.9 Å². The average molecular weight is 513 g/mol. The van der Waals surface area contributed by atoms with Gasteiger partial charge in [-0.3, -0.25) is 0 Å². The van der Waals surface area contributed by atoms with Crippen molar-refractivity contribution < 1.29 is 13.9 Å². The van der Waals surface area contributed by atoms with E-state index in [4.69, 9.17) is 20.3 Å². The molecule has 0 bridgehead atoms. The summed E-state index contributed by atoms with van der Waals surface area (Å²) in [6.07, 6.45) is 5.78. The maximum absolute atomic E-state index is 14.3. The van der Waals surface area contributed by atoms with Crippen LogP contribution >= 0.6 is 0 Å². The topological polar surface area (TPSA) is 126 Å². The summed E-state index contributed by atoms with van der Waals surface area (Å²) in [6.45, 7) is 3.77. The predicted molar refractivity (Wildman–Crippen MR) is 139 cm³/mol. The highest BCUT2D eigenvalue weighted by Crippen LogP contribution is 2.34. The molecule has 0 spiro atoms.